The van der Waals surface area contributed by atoms with E-state index in [9.17, 15) is 13.2 Å². The van der Waals surface area contributed by atoms with E-state index in [1.165, 1.54) is 7.11 Å². The molecule has 9 heteroatoms. The molecule has 0 fully saturated rings. The van der Waals surface area contributed by atoms with Crippen molar-refractivity contribution in [3.63, 3.8) is 0 Å². The summed E-state index contributed by atoms with van der Waals surface area (Å²) in [7, 11) is -0.486. The Kier molecular flexibility index (Phi) is 7.00. The molecule has 0 bridgehead atoms. The van der Waals surface area contributed by atoms with E-state index in [-0.39, 0.29) is 29.7 Å². The molecule has 1 atom stereocenters. The normalized spacial score (nSPS) is 12.6. The number of hydrogen-bond acceptors (Lipinski definition) is 6. The molecule has 0 aliphatic heterocycles. The van der Waals surface area contributed by atoms with Crippen LogP contribution in [0.25, 0.3) is 11.0 Å². The number of sulfonamides is 1. The molecule has 0 amide bonds. The van der Waals surface area contributed by atoms with Crippen molar-refractivity contribution < 1.29 is 17.9 Å². The minimum absolute atomic E-state index is 0.129. The summed E-state index contributed by atoms with van der Waals surface area (Å²) in [6.07, 6.45) is 0.139. The second kappa shape index (κ2) is 9.97. The molecule has 0 saturated heterocycles. The lowest BCUT2D eigenvalue weighted by atomic mass is 9.86. The van der Waals surface area contributed by atoms with Gasteiger partial charge in [0.25, 0.3) is 0 Å². The summed E-state index contributed by atoms with van der Waals surface area (Å²) in [5.41, 5.74) is 5.87. The van der Waals surface area contributed by atoms with E-state index in [2.05, 4.69) is 15.0 Å². The van der Waals surface area contributed by atoms with E-state index in [1.54, 1.807) is 29.8 Å². The minimum Gasteiger partial charge on any atom is -0.469 e. The smallest absolute Gasteiger partial charge is 0.306 e. The van der Waals surface area contributed by atoms with Crippen LogP contribution in [0.15, 0.2) is 65.6 Å². The summed E-state index contributed by atoms with van der Waals surface area (Å²) in [6, 6.07) is 18.5. The lowest BCUT2D eigenvalue weighted by molar-refractivity contribution is -0.140. The van der Waals surface area contributed by atoms with Gasteiger partial charge in [0.2, 0.25) is 10.0 Å². The van der Waals surface area contributed by atoms with Gasteiger partial charge in [-0.05, 0) is 59.9 Å². The van der Waals surface area contributed by atoms with E-state index in [4.69, 9.17) is 4.74 Å². The molecule has 35 heavy (non-hydrogen) atoms. The molecule has 1 aromatic heterocycles. The van der Waals surface area contributed by atoms with Crippen molar-refractivity contribution >= 4 is 27.0 Å². The number of aromatic nitrogens is 3. The van der Waals surface area contributed by atoms with E-state index >= 15 is 0 Å². The van der Waals surface area contributed by atoms with Gasteiger partial charge in [-0.15, -0.1) is 5.10 Å². The van der Waals surface area contributed by atoms with Crippen LogP contribution in [-0.4, -0.2) is 36.5 Å². The molecule has 4 rings (SSSR count). The van der Waals surface area contributed by atoms with Crippen molar-refractivity contribution in [2.75, 3.05) is 7.11 Å². The molecule has 8 nitrogen and oxygen atoms in total. The standard InChI is InChI=1S/C26H28N4O4S/c1-17-9-10-19(13-21(17)16-27-35(32,33)25-8-6-5-7-18(25)2)22(15-26(31)34-4)20-11-12-24-23(14-20)28-29-30(24)3/h5-14,22,27H,15-16H2,1-4H3. The topological polar surface area (TPSA) is 103 Å². The number of hydrogen-bond donors (Lipinski definition) is 1. The van der Waals surface area contributed by atoms with E-state index in [0.717, 1.165) is 33.3 Å². The number of nitrogens with one attached hydrogen (secondary N) is 1. The first-order valence-electron chi connectivity index (χ1n) is 11.2. The zero-order chi connectivity index (χ0) is 25.2. The Balaban J connectivity index is 1.67. The highest BCUT2D eigenvalue weighted by Gasteiger charge is 2.22. The van der Waals surface area contributed by atoms with Crippen molar-refractivity contribution in [1.29, 1.82) is 0 Å². The Morgan fingerprint density at radius 3 is 2.49 bits per heavy atom. The highest BCUT2D eigenvalue weighted by molar-refractivity contribution is 7.89. The maximum absolute atomic E-state index is 12.9. The summed E-state index contributed by atoms with van der Waals surface area (Å²) in [4.78, 5) is 12.5. The van der Waals surface area contributed by atoms with Gasteiger partial charge in [0, 0.05) is 19.5 Å². The molecule has 1 unspecified atom stereocenters. The summed E-state index contributed by atoms with van der Waals surface area (Å²) < 4.78 is 35.2. The number of carbonyl (C=O) groups is 1. The molecule has 1 N–H and O–H groups in total. The fraction of sp³-hybridized carbons (Fsp3) is 0.269. The quantitative estimate of drug-likeness (QED) is 0.376. The van der Waals surface area contributed by atoms with Gasteiger partial charge in [-0.3, -0.25) is 4.79 Å². The van der Waals surface area contributed by atoms with E-state index < -0.39 is 10.0 Å². The predicted octanol–water partition coefficient (Wildman–Crippen LogP) is 3.76. The summed E-state index contributed by atoms with van der Waals surface area (Å²) in [6.45, 7) is 3.83. The number of methoxy groups -OCH3 is 1. The third-order valence-electron chi connectivity index (χ3n) is 6.25. The van der Waals surface area contributed by atoms with Crippen molar-refractivity contribution in [3.8, 4) is 0 Å². The van der Waals surface area contributed by atoms with Gasteiger partial charge < -0.3 is 4.74 Å². The average Bonchev–Trinajstić information content (AvgIpc) is 3.22. The molecule has 0 aliphatic rings. The monoisotopic (exact) mass is 492 g/mol. The Morgan fingerprint density at radius 2 is 1.74 bits per heavy atom. The Labute approximate surface area is 205 Å². The maximum Gasteiger partial charge on any atom is 0.306 e. The first kappa shape index (κ1) is 24.6. The van der Waals surface area contributed by atoms with Crippen LogP contribution < -0.4 is 4.72 Å². The molecule has 4 aromatic rings. The largest absolute Gasteiger partial charge is 0.469 e. The number of ether oxygens (including phenoxy) is 1. The van der Waals surface area contributed by atoms with Crippen LogP contribution >= 0.6 is 0 Å². The number of benzene rings is 3. The van der Waals surface area contributed by atoms with Crippen LogP contribution in [0.5, 0.6) is 0 Å². The van der Waals surface area contributed by atoms with Gasteiger partial charge in [-0.25, -0.2) is 17.8 Å². The molecular weight excluding hydrogens is 464 g/mol. The Bertz CT molecular complexity index is 1490. The highest BCUT2D eigenvalue weighted by Crippen LogP contribution is 2.31. The number of aryl methyl sites for hydroxylation is 3. The van der Waals surface area contributed by atoms with Gasteiger partial charge in [-0.2, -0.15) is 0 Å². The molecule has 0 spiro atoms. The van der Waals surface area contributed by atoms with Gasteiger partial charge >= 0.3 is 5.97 Å². The lowest BCUT2D eigenvalue weighted by Gasteiger charge is -2.19. The van der Waals surface area contributed by atoms with Crippen LogP contribution in [-0.2, 0) is 33.1 Å². The number of fused-ring (bicyclic) bond motifs is 1. The minimum atomic E-state index is -3.68. The molecule has 0 saturated carbocycles. The first-order chi connectivity index (χ1) is 16.7. The molecule has 0 radical (unpaired) electrons. The van der Waals surface area contributed by atoms with Gasteiger partial charge in [0.05, 0.1) is 23.9 Å². The van der Waals surface area contributed by atoms with Gasteiger partial charge in [0.1, 0.15) is 5.52 Å². The predicted molar refractivity (Wildman–Crippen MR) is 133 cm³/mol. The highest BCUT2D eigenvalue weighted by atomic mass is 32.2. The van der Waals surface area contributed by atoms with E-state index in [0.29, 0.717) is 5.56 Å². The second-order valence-corrected chi connectivity index (χ2v) is 10.3. The molecule has 182 valence electrons. The summed E-state index contributed by atoms with van der Waals surface area (Å²) in [5, 5.41) is 8.26. The Morgan fingerprint density at radius 1 is 1.03 bits per heavy atom. The van der Waals surface area contributed by atoms with Crippen LogP contribution in [0.2, 0.25) is 0 Å². The lowest BCUT2D eigenvalue weighted by Crippen LogP contribution is -2.24. The van der Waals surface area contributed by atoms with Crippen LogP contribution in [0, 0.1) is 13.8 Å². The van der Waals surface area contributed by atoms with Crippen LogP contribution in [0.3, 0.4) is 0 Å². The third-order valence-corrected chi connectivity index (χ3v) is 7.81. The Hall–Kier alpha value is -3.56. The van der Waals surface area contributed by atoms with Crippen molar-refractivity contribution in [3.05, 3.63) is 88.5 Å². The second-order valence-electron chi connectivity index (χ2n) is 8.57. The SMILES string of the molecule is COC(=O)CC(c1ccc(C)c(CNS(=O)(=O)c2ccccc2C)c1)c1ccc2c(c1)nnn2C. The van der Waals surface area contributed by atoms with E-state index in [1.807, 2.05) is 56.4 Å². The van der Waals surface area contributed by atoms with Crippen molar-refractivity contribution in [1.82, 2.24) is 19.7 Å². The fourth-order valence-corrected chi connectivity index (χ4v) is 5.41. The van der Waals surface area contributed by atoms with Crippen LogP contribution in [0.1, 0.15) is 40.2 Å². The number of esters is 1. The number of rotatable bonds is 8. The maximum atomic E-state index is 12.9. The zero-order valence-electron chi connectivity index (χ0n) is 20.1. The first-order valence-corrected chi connectivity index (χ1v) is 12.7. The molecular formula is C26H28N4O4S. The fourth-order valence-electron chi connectivity index (χ4n) is 4.16. The van der Waals surface area contributed by atoms with Gasteiger partial charge in [-0.1, -0.05) is 47.7 Å². The average molecular weight is 493 g/mol. The van der Waals surface area contributed by atoms with Crippen molar-refractivity contribution in [2.24, 2.45) is 7.05 Å². The van der Waals surface area contributed by atoms with Crippen LogP contribution in [0.4, 0.5) is 0 Å². The summed E-state index contributed by atoms with van der Waals surface area (Å²) >= 11 is 0. The summed E-state index contributed by atoms with van der Waals surface area (Å²) in [5.74, 6) is -0.627. The number of carbonyl (C=O) groups excluding carboxylic acids is 1. The molecule has 0 aliphatic carbocycles. The number of nitrogens with zero attached hydrogens (tertiary/aromatic N) is 3. The van der Waals surface area contributed by atoms with Gasteiger partial charge in [0.15, 0.2) is 0 Å². The zero-order valence-corrected chi connectivity index (χ0v) is 21.0. The molecule has 1 heterocycles. The molecule has 3 aromatic carbocycles. The van der Waals surface area contributed by atoms with Crippen molar-refractivity contribution in [2.45, 2.75) is 37.6 Å². The third kappa shape index (κ3) is 5.26.